The van der Waals surface area contributed by atoms with Gasteiger partial charge in [-0.3, -0.25) is 24.0 Å². The Bertz CT molecular complexity index is 1710. The van der Waals surface area contributed by atoms with E-state index in [1.807, 2.05) is 0 Å². The summed E-state index contributed by atoms with van der Waals surface area (Å²) in [4.78, 5) is 65.8. The molecule has 6 unspecified atom stereocenters. The number of hydrogen-bond acceptors (Lipinski definition) is 14. The predicted molar refractivity (Wildman–Crippen MR) is 158 cm³/mol. The number of rotatable bonds is 7. The number of aliphatic hydroxyl groups is 2. The zero-order chi connectivity index (χ0) is 34.1. The molecule has 8 atom stereocenters. The molecule has 14 nitrogen and oxygen atoms in total. The van der Waals surface area contributed by atoms with Crippen LogP contribution in [-0.2, 0) is 35.0 Å². The molecule has 2 aromatic rings. The molecule has 1 aliphatic heterocycles. The third-order valence-corrected chi connectivity index (χ3v) is 9.59. The van der Waals surface area contributed by atoms with E-state index in [2.05, 4.69) is 0 Å². The minimum Gasteiger partial charge on any atom is -0.507 e. The number of methoxy groups -OCH3 is 1. The lowest BCUT2D eigenvalue weighted by atomic mass is 9.72. The number of aromatic hydroxyl groups is 2. The third kappa shape index (κ3) is 5.25. The lowest BCUT2D eigenvalue weighted by molar-refractivity contribution is -0.247. The molecule has 2 fully saturated rings. The average molecular weight is 654 g/mol. The number of carbonyl (C=O) groups excluding carboxylic acids is 5. The molecule has 3 aliphatic carbocycles. The van der Waals surface area contributed by atoms with Crippen molar-refractivity contribution in [3.63, 3.8) is 0 Å². The average Bonchev–Trinajstić information content (AvgIpc) is 3.27. The maximum Gasteiger partial charge on any atom is 0.202 e. The first-order chi connectivity index (χ1) is 22.2. The van der Waals surface area contributed by atoms with Crippen LogP contribution in [0, 0.1) is 5.92 Å². The van der Waals surface area contributed by atoms with Crippen molar-refractivity contribution < 1.29 is 63.3 Å². The van der Waals surface area contributed by atoms with Crippen LogP contribution in [0.2, 0.25) is 0 Å². The van der Waals surface area contributed by atoms with Gasteiger partial charge in [0.1, 0.15) is 29.5 Å². The van der Waals surface area contributed by atoms with Gasteiger partial charge in [0.15, 0.2) is 35.5 Å². The minimum atomic E-state index is -2.36. The van der Waals surface area contributed by atoms with Crippen LogP contribution in [0.3, 0.4) is 0 Å². The topological polar surface area (TPSA) is 229 Å². The Hall–Kier alpha value is -4.05. The van der Waals surface area contributed by atoms with E-state index in [0.29, 0.717) is 0 Å². The van der Waals surface area contributed by atoms with E-state index >= 15 is 0 Å². The number of hydrogen-bond donors (Lipinski definition) is 5. The van der Waals surface area contributed by atoms with Gasteiger partial charge in [-0.05, 0) is 13.0 Å². The van der Waals surface area contributed by atoms with Crippen molar-refractivity contribution >= 4 is 28.9 Å². The second kappa shape index (κ2) is 11.9. The van der Waals surface area contributed by atoms with Crippen LogP contribution in [0.25, 0.3) is 0 Å². The molecule has 0 bridgehead atoms. The molecular weight excluding hydrogens is 618 g/mol. The molecule has 14 heteroatoms. The number of Topliss-reactive ketones (excluding diaryl/α,β-unsaturated/α-hetero) is 3. The zero-order valence-electron chi connectivity index (χ0n) is 25.8. The van der Waals surface area contributed by atoms with Crippen molar-refractivity contribution in [3.8, 4) is 17.2 Å². The van der Waals surface area contributed by atoms with Crippen LogP contribution in [0.1, 0.15) is 82.2 Å². The van der Waals surface area contributed by atoms with Gasteiger partial charge in [-0.15, -0.1) is 0 Å². The van der Waals surface area contributed by atoms with Crippen LogP contribution in [0.4, 0.5) is 0 Å². The molecule has 0 radical (unpaired) electrons. The van der Waals surface area contributed by atoms with Crippen LogP contribution in [0.15, 0.2) is 18.2 Å². The van der Waals surface area contributed by atoms with Crippen molar-refractivity contribution in [1.29, 1.82) is 0 Å². The number of nitrogens with two attached hydrogens (primary N) is 1. The number of phenols is 2. The second-order valence-corrected chi connectivity index (χ2v) is 12.7. The molecule has 1 saturated carbocycles. The highest BCUT2D eigenvalue weighted by atomic mass is 16.7. The van der Waals surface area contributed by atoms with Gasteiger partial charge in [-0.1, -0.05) is 19.1 Å². The SMILES string of the molecule is COc1cccc2c1C(=O)c1c(O)c3c(c(O)c1C2=O)C[C@@](O)(C(=O)COC1C(=O)CC(C)C1=O)C[C@@H]3OC1CC(N)C(O)C(C)O1. The van der Waals surface area contributed by atoms with Gasteiger partial charge < -0.3 is 45.1 Å². The largest absolute Gasteiger partial charge is 0.507 e. The van der Waals surface area contributed by atoms with Crippen LogP contribution >= 0.6 is 0 Å². The molecule has 1 saturated heterocycles. The number of ether oxygens (including phenoxy) is 4. The predicted octanol–water partition coefficient (Wildman–Crippen LogP) is 0.572. The summed E-state index contributed by atoms with van der Waals surface area (Å²) in [6.45, 7) is 2.28. The highest BCUT2D eigenvalue weighted by Crippen LogP contribution is 2.52. The summed E-state index contributed by atoms with van der Waals surface area (Å²) in [7, 11) is 1.31. The van der Waals surface area contributed by atoms with Crippen LogP contribution in [0.5, 0.6) is 17.2 Å². The molecule has 2 aromatic carbocycles. The summed E-state index contributed by atoms with van der Waals surface area (Å²) in [6.07, 6.45) is -7.08. The summed E-state index contributed by atoms with van der Waals surface area (Å²) in [6, 6.07) is 3.54. The standard InChI is InChI=1S/C33H35NO13/c1-12-7-17(35)32(26(12)37)45-11-20(36)33(43)9-15-23(19(10-33)47-21-8-16(34)27(38)13(2)46-21)31(42)25-24(29(15)40)28(39)14-5-4-6-18(44-3)22(14)30(25)41/h4-6,12-13,16,19,21,27,32,38,40,42-43H,7-11,34H2,1-3H3/t12?,13?,16?,19-,21?,27?,32?,33-/m0/s1. The van der Waals surface area contributed by atoms with Gasteiger partial charge in [0.25, 0.3) is 0 Å². The molecule has 1 heterocycles. The number of ketones is 5. The maximum atomic E-state index is 13.8. The Morgan fingerprint density at radius 2 is 1.77 bits per heavy atom. The van der Waals surface area contributed by atoms with E-state index in [4.69, 9.17) is 24.7 Å². The molecule has 6 N–H and O–H groups in total. The Labute approximate surface area is 268 Å². The van der Waals surface area contributed by atoms with E-state index in [-0.39, 0.29) is 40.8 Å². The highest BCUT2D eigenvalue weighted by Gasteiger charge is 2.51. The van der Waals surface area contributed by atoms with E-state index < -0.39 is 119 Å². The summed E-state index contributed by atoms with van der Waals surface area (Å²) in [5, 5.41) is 45.4. The Morgan fingerprint density at radius 1 is 1.06 bits per heavy atom. The monoisotopic (exact) mass is 653 g/mol. The zero-order valence-corrected chi connectivity index (χ0v) is 25.8. The number of aliphatic hydroxyl groups excluding tert-OH is 1. The Kier molecular flexibility index (Phi) is 8.31. The van der Waals surface area contributed by atoms with Gasteiger partial charge in [0.05, 0.1) is 42.1 Å². The Morgan fingerprint density at radius 3 is 2.40 bits per heavy atom. The van der Waals surface area contributed by atoms with E-state index in [1.165, 1.54) is 25.3 Å². The summed E-state index contributed by atoms with van der Waals surface area (Å²) < 4.78 is 22.6. The molecule has 0 aromatic heterocycles. The number of benzene rings is 2. The fourth-order valence-corrected chi connectivity index (χ4v) is 7.00. The molecular formula is C33H35NO13. The normalized spacial score (nSPS) is 31.7. The first-order valence-electron chi connectivity index (χ1n) is 15.2. The third-order valence-electron chi connectivity index (χ3n) is 9.59. The minimum absolute atomic E-state index is 0.0312. The maximum absolute atomic E-state index is 13.8. The second-order valence-electron chi connectivity index (χ2n) is 12.7. The van der Waals surface area contributed by atoms with Crippen molar-refractivity contribution in [2.75, 3.05) is 13.7 Å². The lowest BCUT2D eigenvalue weighted by Crippen LogP contribution is -2.53. The van der Waals surface area contributed by atoms with E-state index in [0.717, 1.165) is 0 Å². The van der Waals surface area contributed by atoms with Crippen molar-refractivity contribution in [2.24, 2.45) is 11.7 Å². The number of phenolic OH excluding ortho intramolecular Hbond substituents is 2. The number of carbonyl (C=O) groups is 5. The molecule has 0 spiro atoms. The summed E-state index contributed by atoms with van der Waals surface area (Å²) in [5.74, 6) is -5.51. The Balaban J connectivity index is 1.43. The molecule has 6 rings (SSSR count). The van der Waals surface area contributed by atoms with Gasteiger partial charge >= 0.3 is 0 Å². The fourth-order valence-electron chi connectivity index (χ4n) is 7.00. The summed E-state index contributed by atoms with van der Waals surface area (Å²) >= 11 is 0. The van der Waals surface area contributed by atoms with Crippen molar-refractivity contribution in [1.82, 2.24) is 0 Å². The van der Waals surface area contributed by atoms with Crippen LogP contribution in [-0.4, -0.2) is 99.3 Å². The van der Waals surface area contributed by atoms with Gasteiger partial charge in [-0.2, -0.15) is 0 Å². The van der Waals surface area contributed by atoms with Crippen molar-refractivity contribution in [2.45, 2.75) is 81.9 Å². The quantitative estimate of drug-likeness (QED) is 0.174. The highest BCUT2D eigenvalue weighted by molar-refractivity contribution is 6.31. The van der Waals surface area contributed by atoms with E-state index in [1.54, 1.807) is 13.8 Å². The van der Waals surface area contributed by atoms with E-state index in [9.17, 15) is 44.4 Å². The van der Waals surface area contributed by atoms with Gasteiger partial charge in [0.2, 0.25) is 5.78 Å². The van der Waals surface area contributed by atoms with Crippen molar-refractivity contribution in [3.05, 3.63) is 51.6 Å². The molecule has 0 amide bonds. The lowest BCUT2D eigenvalue weighted by Gasteiger charge is -2.42. The number of fused-ring (bicyclic) bond motifs is 3. The molecule has 250 valence electrons. The van der Waals surface area contributed by atoms with Crippen LogP contribution < -0.4 is 10.5 Å². The molecule has 4 aliphatic rings. The summed E-state index contributed by atoms with van der Waals surface area (Å²) in [5.41, 5.74) is 2.07. The molecule has 47 heavy (non-hydrogen) atoms. The fraction of sp³-hybridized carbons (Fsp3) is 0.485. The first-order valence-corrected chi connectivity index (χ1v) is 15.2. The van der Waals surface area contributed by atoms with Gasteiger partial charge in [0, 0.05) is 54.3 Å². The first kappa shape index (κ1) is 32.9. The van der Waals surface area contributed by atoms with Gasteiger partial charge in [-0.25, -0.2) is 0 Å². The smallest absolute Gasteiger partial charge is 0.202 e.